The lowest BCUT2D eigenvalue weighted by Gasteiger charge is -2.19. The molecule has 0 N–H and O–H groups in total. The van der Waals surface area contributed by atoms with Gasteiger partial charge in [-0.25, -0.2) is 9.97 Å². The van der Waals surface area contributed by atoms with Crippen LogP contribution in [0.15, 0.2) is 48.5 Å². The SMILES string of the molecule is CCOc1cccc2sc(N(CCn3nc(C)cc3C)C(=O)c3nc4ccccc4s3)nc12. The Bertz CT molecular complexity index is 1420. The highest BCUT2D eigenvalue weighted by Gasteiger charge is 2.25. The molecule has 0 unspecified atom stereocenters. The first-order valence-corrected chi connectivity index (χ1v) is 12.4. The summed E-state index contributed by atoms with van der Waals surface area (Å²) in [4.78, 5) is 24.8. The Morgan fingerprint density at radius 3 is 2.64 bits per heavy atom. The van der Waals surface area contributed by atoms with Crippen molar-refractivity contribution in [2.24, 2.45) is 0 Å². The number of hydrogen-bond acceptors (Lipinski definition) is 7. The highest BCUT2D eigenvalue weighted by molar-refractivity contribution is 7.23. The molecule has 5 rings (SSSR count). The summed E-state index contributed by atoms with van der Waals surface area (Å²) in [5, 5.41) is 5.63. The normalized spacial score (nSPS) is 11.4. The Morgan fingerprint density at radius 1 is 1.06 bits per heavy atom. The maximum Gasteiger partial charge on any atom is 0.289 e. The molecule has 1 amide bonds. The smallest absolute Gasteiger partial charge is 0.289 e. The van der Waals surface area contributed by atoms with Gasteiger partial charge in [0.2, 0.25) is 0 Å². The van der Waals surface area contributed by atoms with Gasteiger partial charge in [-0.15, -0.1) is 11.3 Å². The summed E-state index contributed by atoms with van der Waals surface area (Å²) in [5.41, 5.74) is 3.61. The van der Waals surface area contributed by atoms with Crippen molar-refractivity contribution in [1.29, 1.82) is 0 Å². The molecule has 0 fully saturated rings. The zero-order valence-electron chi connectivity index (χ0n) is 18.6. The number of ether oxygens (including phenoxy) is 1. The summed E-state index contributed by atoms with van der Waals surface area (Å²) in [6.45, 7) is 7.48. The highest BCUT2D eigenvalue weighted by Crippen LogP contribution is 2.35. The Hall–Kier alpha value is -3.30. The number of aromatic nitrogens is 4. The fourth-order valence-corrected chi connectivity index (χ4v) is 5.68. The number of aryl methyl sites for hydroxylation is 2. The molecule has 7 nitrogen and oxygen atoms in total. The molecule has 0 aliphatic rings. The van der Waals surface area contributed by atoms with E-state index in [0.717, 1.165) is 37.6 Å². The van der Waals surface area contributed by atoms with E-state index in [1.165, 1.54) is 22.7 Å². The summed E-state index contributed by atoms with van der Waals surface area (Å²) < 4.78 is 9.65. The summed E-state index contributed by atoms with van der Waals surface area (Å²) in [5.74, 6) is 0.568. The molecule has 0 atom stereocenters. The summed E-state index contributed by atoms with van der Waals surface area (Å²) >= 11 is 2.88. The van der Waals surface area contributed by atoms with Crippen molar-refractivity contribution in [2.75, 3.05) is 18.1 Å². The molecular weight excluding hydrogens is 454 g/mol. The van der Waals surface area contributed by atoms with E-state index in [1.807, 2.05) is 74.0 Å². The number of anilines is 1. The number of rotatable bonds is 7. The van der Waals surface area contributed by atoms with Crippen LogP contribution in [0.5, 0.6) is 5.75 Å². The Labute approximate surface area is 199 Å². The van der Waals surface area contributed by atoms with Gasteiger partial charge in [-0.3, -0.25) is 14.4 Å². The number of carbonyl (C=O) groups excluding carboxylic acids is 1. The minimum Gasteiger partial charge on any atom is -0.492 e. The van der Waals surface area contributed by atoms with Gasteiger partial charge in [-0.2, -0.15) is 5.10 Å². The van der Waals surface area contributed by atoms with E-state index in [1.54, 1.807) is 4.90 Å². The molecule has 5 aromatic rings. The standard InChI is InChI=1S/C24H23N5O2S2/c1-4-31-18-9-7-11-20-21(18)26-24(33-20)28(12-13-29-16(3)14-15(2)27-29)23(30)22-25-17-8-5-6-10-19(17)32-22/h5-11,14H,4,12-13H2,1-3H3. The first-order valence-electron chi connectivity index (χ1n) is 10.7. The maximum atomic E-state index is 13.7. The van der Waals surface area contributed by atoms with Crippen LogP contribution in [0, 0.1) is 13.8 Å². The molecule has 33 heavy (non-hydrogen) atoms. The average Bonchev–Trinajstić information content (AvgIpc) is 3.50. The van der Waals surface area contributed by atoms with Gasteiger partial charge in [0.1, 0.15) is 11.3 Å². The molecular formula is C24H23N5O2S2. The van der Waals surface area contributed by atoms with Crippen LogP contribution in [-0.2, 0) is 6.54 Å². The van der Waals surface area contributed by atoms with Gasteiger partial charge in [-0.1, -0.05) is 29.5 Å². The Balaban J connectivity index is 1.54. The average molecular weight is 478 g/mol. The van der Waals surface area contributed by atoms with E-state index < -0.39 is 0 Å². The molecule has 0 radical (unpaired) electrons. The molecule has 9 heteroatoms. The summed E-state index contributed by atoms with van der Waals surface area (Å²) in [6.07, 6.45) is 0. The molecule has 0 saturated carbocycles. The predicted molar refractivity (Wildman–Crippen MR) is 134 cm³/mol. The highest BCUT2D eigenvalue weighted by atomic mass is 32.1. The minimum atomic E-state index is -0.158. The van der Waals surface area contributed by atoms with Crippen molar-refractivity contribution >= 4 is 54.1 Å². The fraction of sp³-hybridized carbons (Fsp3) is 0.250. The molecule has 0 aliphatic carbocycles. The molecule has 0 bridgehead atoms. The third-order valence-corrected chi connectivity index (χ3v) is 7.33. The number of nitrogens with zero attached hydrogens (tertiary/aromatic N) is 5. The molecule has 0 saturated heterocycles. The topological polar surface area (TPSA) is 73.1 Å². The number of benzene rings is 2. The van der Waals surface area contributed by atoms with E-state index >= 15 is 0 Å². The number of fused-ring (bicyclic) bond motifs is 2. The quantitative estimate of drug-likeness (QED) is 0.311. The van der Waals surface area contributed by atoms with E-state index in [9.17, 15) is 4.79 Å². The molecule has 0 aliphatic heterocycles. The minimum absolute atomic E-state index is 0.158. The third kappa shape index (κ3) is 4.21. The van der Waals surface area contributed by atoms with Crippen LogP contribution in [0.4, 0.5) is 5.13 Å². The van der Waals surface area contributed by atoms with Crippen LogP contribution in [0.2, 0.25) is 0 Å². The monoisotopic (exact) mass is 477 g/mol. The lowest BCUT2D eigenvalue weighted by atomic mass is 10.3. The van der Waals surface area contributed by atoms with Crippen molar-refractivity contribution in [3.8, 4) is 5.75 Å². The third-order valence-electron chi connectivity index (χ3n) is 5.26. The second-order valence-electron chi connectivity index (χ2n) is 7.63. The first-order chi connectivity index (χ1) is 16.0. The van der Waals surface area contributed by atoms with Crippen LogP contribution >= 0.6 is 22.7 Å². The zero-order valence-corrected chi connectivity index (χ0v) is 20.2. The second kappa shape index (κ2) is 8.92. The van der Waals surface area contributed by atoms with E-state index in [2.05, 4.69) is 10.1 Å². The van der Waals surface area contributed by atoms with E-state index in [-0.39, 0.29) is 5.91 Å². The lowest BCUT2D eigenvalue weighted by molar-refractivity contribution is 0.0985. The van der Waals surface area contributed by atoms with Gasteiger partial charge in [-0.05, 0) is 51.1 Å². The van der Waals surface area contributed by atoms with E-state index in [0.29, 0.717) is 29.8 Å². The van der Waals surface area contributed by atoms with Crippen LogP contribution in [0.3, 0.4) is 0 Å². The van der Waals surface area contributed by atoms with Crippen LogP contribution in [0.1, 0.15) is 28.1 Å². The van der Waals surface area contributed by atoms with Crippen LogP contribution in [-0.4, -0.2) is 38.8 Å². The zero-order chi connectivity index (χ0) is 22.9. The van der Waals surface area contributed by atoms with Gasteiger partial charge in [0.25, 0.3) is 5.91 Å². The molecule has 0 spiro atoms. The van der Waals surface area contributed by atoms with Crippen molar-refractivity contribution in [3.63, 3.8) is 0 Å². The van der Waals surface area contributed by atoms with Crippen molar-refractivity contribution < 1.29 is 9.53 Å². The van der Waals surface area contributed by atoms with Gasteiger partial charge in [0.15, 0.2) is 10.1 Å². The Morgan fingerprint density at radius 2 is 1.88 bits per heavy atom. The number of hydrogen-bond donors (Lipinski definition) is 0. The number of thiazole rings is 2. The molecule has 3 heterocycles. The maximum absolute atomic E-state index is 13.7. The van der Waals surface area contributed by atoms with E-state index in [4.69, 9.17) is 9.72 Å². The number of carbonyl (C=O) groups is 1. The van der Waals surface area contributed by atoms with Crippen LogP contribution < -0.4 is 9.64 Å². The summed E-state index contributed by atoms with van der Waals surface area (Å²) in [6, 6.07) is 15.7. The summed E-state index contributed by atoms with van der Waals surface area (Å²) in [7, 11) is 0. The lowest BCUT2D eigenvalue weighted by Crippen LogP contribution is -2.34. The first kappa shape index (κ1) is 21.5. The van der Waals surface area contributed by atoms with Crippen molar-refractivity contribution in [2.45, 2.75) is 27.3 Å². The van der Waals surface area contributed by atoms with Gasteiger partial charge >= 0.3 is 0 Å². The number of amides is 1. The predicted octanol–water partition coefficient (Wildman–Crippen LogP) is 5.47. The van der Waals surface area contributed by atoms with Gasteiger partial charge in [0, 0.05) is 12.2 Å². The second-order valence-corrected chi connectivity index (χ2v) is 9.67. The fourth-order valence-electron chi connectivity index (χ4n) is 3.76. The van der Waals surface area contributed by atoms with Gasteiger partial charge in [0.05, 0.1) is 33.8 Å². The molecule has 3 aromatic heterocycles. The number of para-hydroxylation sites is 2. The molecule has 2 aromatic carbocycles. The Kier molecular flexibility index (Phi) is 5.82. The van der Waals surface area contributed by atoms with Crippen molar-refractivity contribution in [1.82, 2.24) is 19.7 Å². The van der Waals surface area contributed by atoms with Gasteiger partial charge < -0.3 is 4.74 Å². The van der Waals surface area contributed by atoms with Crippen molar-refractivity contribution in [3.05, 3.63) is 64.9 Å². The van der Waals surface area contributed by atoms with Crippen LogP contribution in [0.25, 0.3) is 20.4 Å². The largest absolute Gasteiger partial charge is 0.492 e. The molecule has 168 valence electrons.